The van der Waals surface area contributed by atoms with E-state index in [1.54, 1.807) is 0 Å². The molecule has 2 rings (SSSR count). The van der Waals surface area contributed by atoms with Gasteiger partial charge in [-0.05, 0) is 58.3 Å². The van der Waals surface area contributed by atoms with Gasteiger partial charge >= 0.3 is 0 Å². The summed E-state index contributed by atoms with van der Waals surface area (Å²) in [5.74, 6) is 0.822. The highest BCUT2D eigenvalue weighted by molar-refractivity contribution is 14.1. The van der Waals surface area contributed by atoms with E-state index in [9.17, 15) is 0 Å². The lowest BCUT2D eigenvalue weighted by molar-refractivity contribution is -0.0801. The Kier molecular flexibility index (Phi) is 5.76. The molecule has 0 aromatic heterocycles. The van der Waals surface area contributed by atoms with Crippen molar-refractivity contribution >= 4 is 22.6 Å². The van der Waals surface area contributed by atoms with Gasteiger partial charge in [0.2, 0.25) is 0 Å². The lowest BCUT2D eigenvalue weighted by atomic mass is 9.90. The van der Waals surface area contributed by atoms with Crippen LogP contribution in [0.15, 0.2) is 0 Å². The fourth-order valence-corrected chi connectivity index (χ4v) is 4.76. The summed E-state index contributed by atoms with van der Waals surface area (Å²) >= 11 is 2.58. The molecule has 1 unspecified atom stereocenters. The van der Waals surface area contributed by atoms with Crippen LogP contribution in [0.25, 0.3) is 0 Å². The van der Waals surface area contributed by atoms with Crippen LogP contribution in [0.1, 0.15) is 59.3 Å². The number of alkyl halides is 1. The highest BCUT2D eigenvalue weighted by Gasteiger charge is 2.28. The van der Waals surface area contributed by atoms with Gasteiger partial charge in [0.15, 0.2) is 0 Å². The highest BCUT2D eigenvalue weighted by atomic mass is 127. The molecule has 0 N–H and O–H groups in total. The van der Waals surface area contributed by atoms with Gasteiger partial charge in [-0.1, -0.05) is 29.5 Å². The Bertz CT molecular complexity index is 213. The van der Waals surface area contributed by atoms with E-state index in [4.69, 9.17) is 9.47 Å². The van der Waals surface area contributed by atoms with Gasteiger partial charge in [-0.25, -0.2) is 0 Å². The van der Waals surface area contributed by atoms with Gasteiger partial charge in [0.25, 0.3) is 0 Å². The zero-order valence-electron chi connectivity index (χ0n) is 11.9. The fraction of sp³-hybridized carbons (Fsp3) is 1.00. The summed E-state index contributed by atoms with van der Waals surface area (Å²) in [6, 6.07) is 0. The molecule has 0 amide bonds. The highest BCUT2D eigenvalue weighted by Crippen LogP contribution is 2.31. The van der Waals surface area contributed by atoms with Crippen molar-refractivity contribution in [3.8, 4) is 0 Å². The minimum absolute atomic E-state index is 0.441. The Labute approximate surface area is 125 Å². The molecule has 2 aliphatic heterocycles. The second-order valence-electron chi connectivity index (χ2n) is 6.36. The van der Waals surface area contributed by atoms with Crippen LogP contribution in [-0.4, -0.2) is 28.3 Å². The lowest BCUT2D eigenvalue weighted by Gasteiger charge is -2.35. The Hall–Kier alpha value is 0.650. The van der Waals surface area contributed by atoms with Crippen molar-refractivity contribution in [1.82, 2.24) is 0 Å². The molecule has 6 atom stereocenters. The Balaban J connectivity index is 1.73. The molecule has 18 heavy (non-hydrogen) atoms. The maximum absolute atomic E-state index is 6.04. The molecule has 0 spiro atoms. The molecule has 106 valence electrons. The van der Waals surface area contributed by atoms with Crippen LogP contribution >= 0.6 is 22.6 Å². The predicted octanol–water partition coefficient (Wildman–Crippen LogP) is 4.34. The van der Waals surface area contributed by atoms with Crippen LogP contribution in [-0.2, 0) is 9.47 Å². The molecule has 2 fully saturated rings. The molecule has 0 aromatic carbocycles. The number of halogens is 1. The topological polar surface area (TPSA) is 18.5 Å². The first-order chi connectivity index (χ1) is 8.52. The zero-order chi connectivity index (χ0) is 13.1. The van der Waals surface area contributed by atoms with Crippen molar-refractivity contribution in [3.63, 3.8) is 0 Å². The van der Waals surface area contributed by atoms with E-state index in [-0.39, 0.29) is 0 Å². The van der Waals surface area contributed by atoms with Gasteiger partial charge < -0.3 is 9.47 Å². The van der Waals surface area contributed by atoms with Crippen molar-refractivity contribution < 1.29 is 9.47 Å². The molecule has 0 radical (unpaired) electrons. The third-order valence-corrected chi connectivity index (χ3v) is 5.18. The van der Waals surface area contributed by atoms with Gasteiger partial charge in [-0.3, -0.25) is 0 Å². The number of ether oxygens (including phenoxy) is 2. The van der Waals surface area contributed by atoms with E-state index in [1.165, 1.54) is 38.5 Å². The molecule has 2 saturated heterocycles. The maximum Gasteiger partial charge on any atom is 0.0589 e. The average molecular weight is 366 g/mol. The third kappa shape index (κ3) is 4.64. The lowest BCUT2D eigenvalue weighted by Crippen LogP contribution is -2.34. The van der Waals surface area contributed by atoms with Crippen molar-refractivity contribution in [2.75, 3.05) is 0 Å². The summed E-state index contributed by atoms with van der Waals surface area (Å²) in [7, 11) is 0. The van der Waals surface area contributed by atoms with E-state index in [0.717, 1.165) is 9.84 Å². The molecule has 3 heteroatoms. The maximum atomic E-state index is 6.04. The monoisotopic (exact) mass is 366 g/mol. The SMILES string of the molecule is C[C@@H]1C[C@@H](CC[C@H]2CC(I)C[C@@H](C)O2)O[C@@H](C)C1. The molecule has 2 heterocycles. The molecular weight excluding hydrogens is 339 g/mol. The summed E-state index contributed by atoms with van der Waals surface area (Å²) in [5, 5.41) is 0. The van der Waals surface area contributed by atoms with E-state index < -0.39 is 0 Å². The van der Waals surface area contributed by atoms with Crippen LogP contribution in [0.3, 0.4) is 0 Å². The first-order valence-corrected chi connectivity index (χ1v) is 8.72. The summed E-state index contributed by atoms with van der Waals surface area (Å²) < 4.78 is 12.9. The Morgan fingerprint density at radius 2 is 1.39 bits per heavy atom. The van der Waals surface area contributed by atoms with Gasteiger partial charge in [-0.2, -0.15) is 0 Å². The first kappa shape index (κ1) is 15.0. The number of hydrogen-bond acceptors (Lipinski definition) is 2. The second-order valence-corrected chi connectivity index (χ2v) is 8.12. The minimum Gasteiger partial charge on any atom is -0.375 e. The quantitative estimate of drug-likeness (QED) is 0.547. The fourth-order valence-electron chi connectivity index (χ4n) is 3.48. The second kappa shape index (κ2) is 6.89. The number of hydrogen-bond donors (Lipinski definition) is 0. The Morgan fingerprint density at radius 3 is 1.94 bits per heavy atom. The minimum atomic E-state index is 0.441. The summed E-state index contributed by atoms with van der Waals surface area (Å²) in [5.41, 5.74) is 0. The molecule has 0 bridgehead atoms. The summed E-state index contributed by atoms with van der Waals surface area (Å²) in [6.45, 7) is 6.77. The molecule has 0 aliphatic carbocycles. The molecule has 2 nitrogen and oxygen atoms in total. The molecule has 0 aromatic rings. The van der Waals surface area contributed by atoms with Crippen LogP contribution in [0, 0.1) is 5.92 Å². The van der Waals surface area contributed by atoms with Crippen LogP contribution in [0.5, 0.6) is 0 Å². The average Bonchev–Trinajstić information content (AvgIpc) is 2.23. The van der Waals surface area contributed by atoms with Crippen LogP contribution in [0.4, 0.5) is 0 Å². The van der Waals surface area contributed by atoms with Gasteiger partial charge in [-0.15, -0.1) is 0 Å². The van der Waals surface area contributed by atoms with E-state index in [1.807, 2.05) is 0 Å². The smallest absolute Gasteiger partial charge is 0.0589 e. The molecule has 2 aliphatic rings. The van der Waals surface area contributed by atoms with Gasteiger partial charge in [0.05, 0.1) is 24.4 Å². The Morgan fingerprint density at radius 1 is 0.833 bits per heavy atom. The van der Waals surface area contributed by atoms with Crippen molar-refractivity contribution in [3.05, 3.63) is 0 Å². The summed E-state index contributed by atoms with van der Waals surface area (Å²) in [4.78, 5) is 0. The third-order valence-electron chi connectivity index (χ3n) is 4.17. The van der Waals surface area contributed by atoms with E-state index in [0.29, 0.717) is 24.4 Å². The van der Waals surface area contributed by atoms with Crippen LogP contribution < -0.4 is 0 Å². The zero-order valence-corrected chi connectivity index (χ0v) is 14.1. The normalized spacial score (nSPS) is 46.0. The van der Waals surface area contributed by atoms with Gasteiger partial charge in [0.1, 0.15) is 0 Å². The predicted molar refractivity (Wildman–Crippen MR) is 83.3 cm³/mol. The number of rotatable bonds is 3. The van der Waals surface area contributed by atoms with Crippen molar-refractivity contribution in [2.24, 2.45) is 5.92 Å². The van der Waals surface area contributed by atoms with Crippen molar-refractivity contribution in [2.45, 2.75) is 87.6 Å². The largest absolute Gasteiger partial charge is 0.375 e. The van der Waals surface area contributed by atoms with Gasteiger partial charge in [0, 0.05) is 3.92 Å². The van der Waals surface area contributed by atoms with E-state index >= 15 is 0 Å². The summed E-state index contributed by atoms with van der Waals surface area (Å²) in [6.07, 6.45) is 9.07. The standard InChI is InChI=1S/C15H27IO2/c1-10-6-11(2)17-14(7-10)4-5-15-9-13(16)8-12(3)18-15/h10-15H,4-9H2,1-3H3/t10-,11-,12+,13?,14+,15-/m0/s1. The van der Waals surface area contributed by atoms with E-state index in [2.05, 4.69) is 43.4 Å². The van der Waals surface area contributed by atoms with Crippen molar-refractivity contribution in [1.29, 1.82) is 0 Å². The van der Waals surface area contributed by atoms with Crippen LogP contribution in [0.2, 0.25) is 0 Å². The molecular formula is C15H27IO2. The first-order valence-electron chi connectivity index (χ1n) is 7.48. The molecule has 0 saturated carbocycles.